The van der Waals surface area contributed by atoms with Gasteiger partial charge < -0.3 is 43.7 Å². The van der Waals surface area contributed by atoms with Gasteiger partial charge in [-0.2, -0.15) is 0 Å². The monoisotopic (exact) mass is 1920 g/mol. The summed E-state index contributed by atoms with van der Waals surface area (Å²) < 4.78 is 40.1. The van der Waals surface area contributed by atoms with E-state index >= 15 is 0 Å². The molecule has 0 radical (unpaired) electrons. The third kappa shape index (κ3) is 25.2. The van der Waals surface area contributed by atoms with Gasteiger partial charge in [0.25, 0.3) is 0 Å². The highest BCUT2D eigenvalue weighted by atomic mass is 35.5. The summed E-state index contributed by atoms with van der Waals surface area (Å²) >= 11 is 26.7. The minimum absolute atomic E-state index is 0. The second-order valence-electron chi connectivity index (χ2n) is 32.3. The van der Waals surface area contributed by atoms with Gasteiger partial charge in [-0.05, 0) is 198 Å². The van der Waals surface area contributed by atoms with Crippen LogP contribution in [-0.4, -0.2) is 221 Å². The largest absolute Gasteiger partial charge is 0.474 e. The van der Waals surface area contributed by atoms with Crippen molar-refractivity contribution in [3.63, 3.8) is 0 Å². The Morgan fingerprint density at radius 2 is 0.654 bits per heavy atom. The summed E-state index contributed by atoms with van der Waals surface area (Å²) in [6.07, 6.45) is 27.6. The van der Waals surface area contributed by atoms with Gasteiger partial charge in [0.15, 0.2) is 0 Å². The Hall–Kier alpha value is -7.82. The average molecular weight is 1920 g/mol. The number of ether oxygens (including phenoxy) is 6. The molecule has 130 heavy (non-hydrogen) atoms. The summed E-state index contributed by atoms with van der Waals surface area (Å²) in [5, 5.41) is 39.6. The van der Waals surface area contributed by atoms with Crippen molar-refractivity contribution >= 4 is 199 Å². The molecule has 3 N–H and O–H groups in total. The fourth-order valence-corrected chi connectivity index (χ4v) is 23.8. The van der Waals surface area contributed by atoms with Crippen LogP contribution < -0.4 is 9.47 Å². The first-order valence-corrected chi connectivity index (χ1v) is 49.1. The van der Waals surface area contributed by atoms with Crippen LogP contribution in [0.1, 0.15) is 176 Å². The standard InChI is InChI=1S/C23H29N3O2S.C22H27N3O3S.C14H11ClN2O2S.C13H11ClN2S.C12H9ClN2OS.C10H19NO2.5CH4/c1-2-3-16-4-9-20-19(14-16)21-22(24-15-25-23(21)29-20)28-18-7-5-17(6-8-18)26-10-12-27-13-11-26;26-10-7-15-1-6-19-18(13-15)20-21(23-14-24-22(20)29-19)28-17-4-2-16(3-5-17)25-8-11-27-12-9-25;1-2-19-11(18)6-8-3-4-10-9(5-8)12-13(15)16-7-17-14(12)20-10;1-2-3-8-4-5-10-9(6-8)11-12(14)15-7-16-13(11)17-10;13-11-10-8-5-7(3-4-16)1-2-9(8)17-12(10)15-6-14-11;12-10-3-1-9(2-4-10)11-5-7-13-8-6-11;;;;;/h4,9,14-15,17-18H,2-3,5-8,10-13H2,1H3;1,6,13-14,16-17,26H,2-5,7-12H2;3-5,7H,2,6H2,1H3;4-7H,2-3H2,1H3;1-2,5-6,16H,3-4H2;9-10,12H,1-8H2;5*1H4. The average Bonchev–Trinajstić information content (AvgIpc) is 1.60. The number of morpholine rings is 3. The van der Waals surface area contributed by atoms with Gasteiger partial charge >= 0.3 is 5.97 Å². The van der Waals surface area contributed by atoms with Crippen LogP contribution in [0, 0.1) is 0 Å². The van der Waals surface area contributed by atoms with Gasteiger partial charge in [0.05, 0.1) is 85.7 Å². The topological polar surface area (TPSA) is 272 Å². The van der Waals surface area contributed by atoms with Gasteiger partial charge in [-0.15, -0.1) is 56.7 Å². The lowest BCUT2D eigenvalue weighted by molar-refractivity contribution is -0.142. The van der Waals surface area contributed by atoms with Crippen LogP contribution in [0.25, 0.3) is 102 Å². The third-order valence-corrected chi connectivity index (χ3v) is 30.4. The minimum atomic E-state index is -0.228. The first-order chi connectivity index (χ1) is 61.3. The first-order valence-electron chi connectivity index (χ1n) is 43.9. The number of aliphatic hydroxyl groups is 3. The minimum Gasteiger partial charge on any atom is -0.474 e. The van der Waals surface area contributed by atoms with Gasteiger partial charge in [0.2, 0.25) is 11.8 Å². The summed E-state index contributed by atoms with van der Waals surface area (Å²) in [6, 6.07) is 33.7. The number of aryl methyl sites for hydroxylation is 2. The van der Waals surface area contributed by atoms with Gasteiger partial charge in [-0.25, -0.2) is 49.8 Å². The number of halogens is 3. The van der Waals surface area contributed by atoms with E-state index in [1.807, 2.05) is 30.3 Å². The van der Waals surface area contributed by atoms with Crippen molar-refractivity contribution in [2.24, 2.45) is 0 Å². The highest BCUT2D eigenvalue weighted by Crippen LogP contribution is 2.44. The fourth-order valence-electron chi connectivity index (χ4n) is 17.9. The molecule has 5 aromatic carbocycles. The second kappa shape index (κ2) is 50.0. The van der Waals surface area contributed by atoms with Crippen molar-refractivity contribution in [2.75, 3.05) is 98.7 Å². The molecule has 0 spiro atoms. The van der Waals surface area contributed by atoms with Crippen molar-refractivity contribution in [3.8, 4) is 11.8 Å². The van der Waals surface area contributed by atoms with Crippen LogP contribution >= 0.6 is 91.5 Å². The lowest BCUT2D eigenvalue weighted by Crippen LogP contribution is -2.46. The zero-order chi connectivity index (χ0) is 86.1. The van der Waals surface area contributed by atoms with Crippen molar-refractivity contribution in [2.45, 2.75) is 216 Å². The number of carbonyl (C=O) groups excluding carboxylic acids is 1. The van der Waals surface area contributed by atoms with Gasteiger partial charge in [-0.1, -0.05) is 129 Å². The van der Waals surface area contributed by atoms with E-state index in [1.165, 1.54) is 93.5 Å². The smallest absolute Gasteiger partial charge is 0.310 e. The molecular weight excluding hydrogens is 1800 g/mol. The Kier molecular flexibility index (Phi) is 39.5. The maximum absolute atomic E-state index is 11.5. The Balaban J connectivity index is 0.000000153. The number of aliphatic hydroxyl groups excluding tert-OH is 3. The quantitative estimate of drug-likeness (QED) is 0.0532. The molecule has 698 valence electrons. The van der Waals surface area contributed by atoms with Crippen LogP contribution in [0.5, 0.6) is 11.8 Å². The van der Waals surface area contributed by atoms with Gasteiger partial charge in [0, 0.05) is 121 Å². The Labute approximate surface area is 798 Å². The molecule has 0 unspecified atom stereocenters. The molecule has 23 nitrogen and oxygen atoms in total. The SMILES string of the molecule is C.C.C.C.C.CCCc1ccc2sc3ncnc(Cl)c3c2c1.CCCc1ccc2sc3ncnc(OC4CCC(N5CCOCC5)CC4)c3c2c1.CCOC(=O)Cc1ccc2sc3ncnc(Cl)c3c2c1.OC1CCC(N2CCOCC2)CC1.OCCc1ccc2sc3ncnc(Cl)c3c2c1.OCCc1ccc2sc3ncnc(OC4CCC(N5CCOCC5)CC4)c3c2c1. The normalized spacial score (nSPS) is 19.0. The predicted octanol–water partition coefficient (Wildman–Crippen LogP) is 23.1. The molecule has 0 bridgehead atoms. The number of benzene rings is 5. The van der Waals surface area contributed by atoms with Crippen molar-refractivity contribution in [1.29, 1.82) is 0 Å². The Morgan fingerprint density at radius 1 is 0.377 bits per heavy atom. The molecule has 0 amide bonds. The number of hydrogen-bond donors (Lipinski definition) is 3. The zero-order valence-electron chi connectivity index (χ0n) is 70.7. The predicted molar refractivity (Wildman–Crippen MR) is 542 cm³/mol. The van der Waals surface area contributed by atoms with Crippen LogP contribution in [0.4, 0.5) is 0 Å². The lowest BCUT2D eigenvalue weighted by atomic mass is 9.91. The third-order valence-electron chi connectivity index (χ3n) is 24.2. The molecule has 3 saturated carbocycles. The summed E-state index contributed by atoms with van der Waals surface area (Å²) in [5.74, 6) is 1.25. The number of aromatic nitrogens is 10. The second-order valence-corrected chi connectivity index (χ2v) is 38.6. The van der Waals surface area contributed by atoms with E-state index in [9.17, 15) is 15.0 Å². The highest BCUT2D eigenvalue weighted by molar-refractivity contribution is 7.27. The molecule has 13 heterocycles. The van der Waals surface area contributed by atoms with E-state index in [1.54, 1.807) is 76.3 Å². The maximum atomic E-state index is 11.5. The molecule has 3 aliphatic carbocycles. The number of thiophene rings is 5. The molecular formula is C99H126Cl3N13O10S5. The molecule has 21 rings (SSSR count). The van der Waals surface area contributed by atoms with E-state index in [-0.39, 0.29) is 81.0 Å². The van der Waals surface area contributed by atoms with Crippen molar-refractivity contribution in [3.05, 3.63) is 166 Å². The molecule has 31 heteroatoms. The van der Waals surface area contributed by atoms with Gasteiger partial charge in [-0.3, -0.25) is 19.5 Å². The van der Waals surface area contributed by atoms with Crippen molar-refractivity contribution < 1.29 is 48.5 Å². The number of carbonyl (C=O) groups is 1. The highest BCUT2D eigenvalue weighted by Gasteiger charge is 2.32. The van der Waals surface area contributed by atoms with E-state index in [4.69, 9.17) is 68.3 Å². The van der Waals surface area contributed by atoms with E-state index < -0.39 is 0 Å². The zero-order valence-corrected chi connectivity index (χ0v) is 77.1. The van der Waals surface area contributed by atoms with E-state index in [0.717, 1.165) is 242 Å². The number of fused-ring (bicyclic) bond motifs is 15. The molecule has 15 aromatic rings. The number of nitrogens with zero attached hydrogens (tertiary/aromatic N) is 13. The van der Waals surface area contributed by atoms with E-state index in [2.05, 4.69) is 139 Å². The Morgan fingerprint density at radius 3 is 0.962 bits per heavy atom. The summed E-state index contributed by atoms with van der Waals surface area (Å²) in [5.41, 5.74) is 5.84. The van der Waals surface area contributed by atoms with Crippen LogP contribution in [-0.2, 0) is 55.8 Å². The number of esters is 1. The first kappa shape index (κ1) is 103. The summed E-state index contributed by atoms with van der Waals surface area (Å²) in [6.45, 7) is 18.6. The molecule has 10 aromatic heterocycles. The number of hydrogen-bond acceptors (Lipinski definition) is 28. The lowest BCUT2D eigenvalue weighted by Gasteiger charge is -2.38. The van der Waals surface area contributed by atoms with Crippen LogP contribution in [0.2, 0.25) is 15.5 Å². The number of rotatable bonds is 18. The molecule has 6 aliphatic rings. The summed E-state index contributed by atoms with van der Waals surface area (Å²) in [4.78, 5) is 66.9. The molecule has 0 atom stereocenters. The summed E-state index contributed by atoms with van der Waals surface area (Å²) in [7, 11) is 0. The maximum Gasteiger partial charge on any atom is 0.310 e. The molecule has 6 fully saturated rings. The fraction of sp³-hybridized carbons (Fsp3) is 0.485. The van der Waals surface area contributed by atoms with Crippen LogP contribution in [0.3, 0.4) is 0 Å². The van der Waals surface area contributed by atoms with E-state index in [0.29, 0.717) is 58.9 Å². The van der Waals surface area contributed by atoms with Gasteiger partial charge in [0.1, 0.15) is 83.5 Å². The molecule has 3 saturated heterocycles. The molecule has 3 aliphatic heterocycles. The Bertz CT molecular complexity index is 5840. The van der Waals surface area contributed by atoms with Crippen LogP contribution in [0.15, 0.2) is 123 Å². The van der Waals surface area contributed by atoms with Crippen molar-refractivity contribution in [1.82, 2.24) is 64.5 Å².